The summed E-state index contributed by atoms with van der Waals surface area (Å²) in [5.74, 6) is 0.922. The van der Waals surface area contributed by atoms with E-state index in [1.807, 2.05) is 24.6 Å². The molecule has 0 saturated carbocycles. The van der Waals surface area contributed by atoms with E-state index in [4.69, 9.17) is 0 Å². The smallest absolute Gasteiger partial charge is 0.185 e. The lowest BCUT2D eigenvalue weighted by molar-refractivity contribution is 0.459. The van der Waals surface area contributed by atoms with Gasteiger partial charge in [-0.3, -0.25) is 0 Å². The highest BCUT2D eigenvalue weighted by molar-refractivity contribution is 7.15. The molecule has 1 saturated heterocycles. The van der Waals surface area contributed by atoms with Gasteiger partial charge in [0.2, 0.25) is 0 Å². The molecule has 0 aliphatic carbocycles. The lowest BCUT2D eigenvalue weighted by Gasteiger charge is -2.19. The number of rotatable bonds is 4. The maximum Gasteiger partial charge on any atom is 0.185 e. The van der Waals surface area contributed by atoms with Crippen LogP contribution in [-0.2, 0) is 0 Å². The third-order valence-corrected chi connectivity index (χ3v) is 5.31. The standard InChI is InChI=1S/C14H25N3S/c1-4-12-6-5-8-17(9-7-12)14-16-10-13(18-14)11(2)15-3/h10-12,15H,4-9H2,1-3H3. The van der Waals surface area contributed by atoms with Crippen molar-refractivity contribution in [3.63, 3.8) is 0 Å². The summed E-state index contributed by atoms with van der Waals surface area (Å²) >= 11 is 1.84. The van der Waals surface area contributed by atoms with Crippen LogP contribution in [0.5, 0.6) is 0 Å². The van der Waals surface area contributed by atoms with Gasteiger partial charge in [-0.2, -0.15) is 0 Å². The Kier molecular flexibility index (Phi) is 5.01. The van der Waals surface area contributed by atoms with Crippen LogP contribution in [0.2, 0.25) is 0 Å². The van der Waals surface area contributed by atoms with Crippen LogP contribution in [0.1, 0.15) is 50.4 Å². The molecule has 1 fully saturated rings. The zero-order valence-corrected chi connectivity index (χ0v) is 12.6. The van der Waals surface area contributed by atoms with Gasteiger partial charge in [-0.1, -0.05) is 13.3 Å². The summed E-state index contributed by atoms with van der Waals surface area (Å²) < 4.78 is 0. The molecule has 0 amide bonds. The third-order valence-electron chi connectivity index (χ3n) is 4.07. The quantitative estimate of drug-likeness (QED) is 0.906. The van der Waals surface area contributed by atoms with Gasteiger partial charge in [0, 0.05) is 30.2 Å². The van der Waals surface area contributed by atoms with Gasteiger partial charge in [0.05, 0.1) is 0 Å². The van der Waals surface area contributed by atoms with Gasteiger partial charge in [0.25, 0.3) is 0 Å². The molecule has 1 aromatic rings. The number of hydrogen-bond acceptors (Lipinski definition) is 4. The molecule has 1 N–H and O–H groups in total. The van der Waals surface area contributed by atoms with Gasteiger partial charge in [-0.25, -0.2) is 4.98 Å². The van der Waals surface area contributed by atoms with E-state index in [9.17, 15) is 0 Å². The molecule has 102 valence electrons. The molecule has 1 aliphatic rings. The Balaban J connectivity index is 2.00. The molecule has 0 bridgehead atoms. The molecule has 18 heavy (non-hydrogen) atoms. The van der Waals surface area contributed by atoms with Crippen molar-refractivity contribution in [1.82, 2.24) is 10.3 Å². The van der Waals surface area contributed by atoms with Crippen molar-refractivity contribution in [2.45, 2.75) is 45.6 Å². The van der Waals surface area contributed by atoms with Gasteiger partial charge in [0.1, 0.15) is 0 Å². The van der Waals surface area contributed by atoms with Crippen LogP contribution >= 0.6 is 11.3 Å². The van der Waals surface area contributed by atoms with Gasteiger partial charge in [-0.05, 0) is 39.2 Å². The number of hydrogen-bond donors (Lipinski definition) is 1. The largest absolute Gasteiger partial charge is 0.348 e. The van der Waals surface area contributed by atoms with Crippen LogP contribution in [-0.4, -0.2) is 25.1 Å². The van der Waals surface area contributed by atoms with Crippen molar-refractivity contribution in [3.8, 4) is 0 Å². The second kappa shape index (κ2) is 6.53. The summed E-state index contributed by atoms with van der Waals surface area (Å²) in [7, 11) is 2.00. The molecular weight excluding hydrogens is 242 g/mol. The molecule has 0 aromatic carbocycles. The van der Waals surface area contributed by atoms with Crippen molar-refractivity contribution >= 4 is 16.5 Å². The monoisotopic (exact) mass is 267 g/mol. The SMILES string of the molecule is CCC1CCCN(c2ncc(C(C)NC)s2)CC1. The van der Waals surface area contributed by atoms with Crippen molar-refractivity contribution in [2.75, 3.05) is 25.0 Å². The van der Waals surface area contributed by atoms with Crippen LogP contribution < -0.4 is 10.2 Å². The molecule has 2 atom stereocenters. The molecule has 0 spiro atoms. The molecule has 4 heteroatoms. The van der Waals surface area contributed by atoms with E-state index >= 15 is 0 Å². The Hall–Kier alpha value is -0.610. The zero-order chi connectivity index (χ0) is 13.0. The van der Waals surface area contributed by atoms with Crippen molar-refractivity contribution in [3.05, 3.63) is 11.1 Å². The highest BCUT2D eigenvalue weighted by Crippen LogP contribution is 2.30. The fourth-order valence-corrected chi connectivity index (χ4v) is 3.56. The van der Waals surface area contributed by atoms with E-state index in [1.165, 1.54) is 48.8 Å². The lowest BCUT2D eigenvalue weighted by atomic mass is 9.98. The van der Waals surface area contributed by atoms with E-state index in [0.717, 1.165) is 5.92 Å². The molecule has 2 unspecified atom stereocenters. The fraction of sp³-hybridized carbons (Fsp3) is 0.786. The molecule has 3 nitrogen and oxygen atoms in total. The number of nitrogens with one attached hydrogen (secondary N) is 1. The summed E-state index contributed by atoms with van der Waals surface area (Å²) in [6.07, 6.45) is 7.39. The first-order valence-electron chi connectivity index (χ1n) is 7.12. The number of aromatic nitrogens is 1. The number of nitrogens with zero attached hydrogens (tertiary/aromatic N) is 2. The Morgan fingerprint density at radius 1 is 1.50 bits per heavy atom. The Morgan fingerprint density at radius 3 is 3.06 bits per heavy atom. The second-order valence-electron chi connectivity index (χ2n) is 5.25. The average Bonchev–Trinajstić information content (AvgIpc) is 2.76. The van der Waals surface area contributed by atoms with E-state index in [2.05, 4.69) is 29.0 Å². The predicted octanol–water partition coefficient (Wildman–Crippen LogP) is 3.44. The van der Waals surface area contributed by atoms with Gasteiger partial charge < -0.3 is 10.2 Å². The van der Waals surface area contributed by atoms with Crippen LogP contribution in [0.4, 0.5) is 5.13 Å². The van der Waals surface area contributed by atoms with Crippen molar-refractivity contribution in [1.29, 1.82) is 0 Å². The number of thiazole rings is 1. The van der Waals surface area contributed by atoms with Crippen LogP contribution in [0.3, 0.4) is 0 Å². The average molecular weight is 267 g/mol. The van der Waals surface area contributed by atoms with Crippen LogP contribution in [0.25, 0.3) is 0 Å². The highest BCUT2D eigenvalue weighted by atomic mass is 32.1. The summed E-state index contributed by atoms with van der Waals surface area (Å²) in [4.78, 5) is 8.42. The third kappa shape index (κ3) is 3.23. The second-order valence-corrected chi connectivity index (χ2v) is 6.29. The fourth-order valence-electron chi connectivity index (χ4n) is 2.53. The van der Waals surface area contributed by atoms with Gasteiger partial charge in [0.15, 0.2) is 5.13 Å². The molecule has 0 radical (unpaired) electrons. The Labute approximate surface area is 115 Å². The van der Waals surface area contributed by atoms with E-state index in [0.29, 0.717) is 6.04 Å². The molecular formula is C14H25N3S. The minimum atomic E-state index is 0.409. The lowest BCUT2D eigenvalue weighted by Crippen LogP contribution is -2.23. The topological polar surface area (TPSA) is 28.2 Å². The van der Waals surface area contributed by atoms with Crippen LogP contribution in [0.15, 0.2) is 6.20 Å². The van der Waals surface area contributed by atoms with E-state index in [-0.39, 0.29) is 0 Å². The maximum atomic E-state index is 4.61. The molecule has 2 rings (SSSR count). The normalized spacial score (nSPS) is 22.8. The van der Waals surface area contributed by atoms with E-state index in [1.54, 1.807) is 0 Å². The Bertz CT molecular complexity index is 364. The Morgan fingerprint density at radius 2 is 2.33 bits per heavy atom. The molecule has 2 heterocycles. The molecule has 1 aliphatic heterocycles. The highest BCUT2D eigenvalue weighted by Gasteiger charge is 2.18. The van der Waals surface area contributed by atoms with Crippen LogP contribution in [0, 0.1) is 5.92 Å². The van der Waals surface area contributed by atoms with Gasteiger partial charge >= 0.3 is 0 Å². The summed E-state index contributed by atoms with van der Waals surface area (Å²) in [5, 5.41) is 4.49. The maximum absolute atomic E-state index is 4.61. The minimum Gasteiger partial charge on any atom is -0.348 e. The zero-order valence-electron chi connectivity index (χ0n) is 11.8. The number of anilines is 1. The first kappa shape index (κ1) is 13.8. The van der Waals surface area contributed by atoms with Gasteiger partial charge in [-0.15, -0.1) is 11.3 Å². The summed E-state index contributed by atoms with van der Waals surface area (Å²) in [6, 6.07) is 0.409. The van der Waals surface area contributed by atoms with E-state index < -0.39 is 0 Å². The van der Waals surface area contributed by atoms with Crippen molar-refractivity contribution < 1.29 is 0 Å². The summed E-state index contributed by atoms with van der Waals surface area (Å²) in [5.41, 5.74) is 0. The first-order valence-corrected chi connectivity index (χ1v) is 7.94. The minimum absolute atomic E-state index is 0.409. The van der Waals surface area contributed by atoms with Crippen molar-refractivity contribution in [2.24, 2.45) is 5.92 Å². The predicted molar refractivity (Wildman–Crippen MR) is 79.4 cm³/mol. The molecule has 1 aromatic heterocycles. The first-order chi connectivity index (χ1) is 8.74. The summed E-state index contributed by atoms with van der Waals surface area (Å²) in [6.45, 7) is 6.86.